The molecule has 0 saturated heterocycles. The van der Waals surface area contributed by atoms with E-state index in [-0.39, 0.29) is 12.4 Å². The van der Waals surface area contributed by atoms with Crippen LogP contribution in [0, 0.1) is 0 Å². The van der Waals surface area contributed by atoms with Crippen molar-refractivity contribution in [2.24, 2.45) is 0 Å². The topological polar surface area (TPSA) is 55.8 Å². The zero-order valence-corrected chi connectivity index (χ0v) is 11.7. The fourth-order valence-corrected chi connectivity index (χ4v) is 2.32. The second-order valence-electron chi connectivity index (χ2n) is 4.11. The van der Waals surface area contributed by atoms with Crippen LogP contribution in [0.1, 0.15) is 11.1 Å². The molecule has 2 rings (SSSR count). The van der Waals surface area contributed by atoms with Crippen LogP contribution in [0.5, 0.6) is 0 Å². The average Bonchev–Trinajstić information content (AvgIpc) is 2.47. The first-order valence-corrected chi connectivity index (χ1v) is 7.51. The van der Waals surface area contributed by atoms with Crippen molar-refractivity contribution in [3.8, 4) is 0 Å². The Morgan fingerprint density at radius 2 is 1.60 bits per heavy atom. The summed E-state index contributed by atoms with van der Waals surface area (Å²) in [5, 5.41) is 0. The zero-order valence-electron chi connectivity index (χ0n) is 10.8. The number of phosphoric acid groups is 1. The molecule has 0 bridgehead atoms. The molecule has 0 aliphatic rings. The molecule has 0 spiro atoms. The third-order valence-corrected chi connectivity index (χ3v) is 3.46. The lowest BCUT2D eigenvalue weighted by Crippen LogP contribution is -1.95. The number of hydrogen-bond acceptors (Lipinski definition) is 3. The van der Waals surface area contributed by atoms with E-state index in [2.05, 4.69) is 6.58 Å². The van der Waals surface area contributed by atoms with E-state index in [4.69, 9.17) is 9.05 Å². The third-order valence-electron chi connectivity index (χ3n) is 2.56. The van der Waals surface area contributed by atoms with Crippen molar-refractivity contribution in [1.82, 2.24) is 0 Å². The van der Waals surface area contributed by atoms with E-state index in [1.54, 1.807) is 36.4 Å². The Morgan fingerprint density at radius 3 is 2.20 bits per heavy atom. The molecule has 0 aromatic heterocycles. The minimum absolute atomic E-state index is 0.00329. The maximum absolute atomic E-state index is 11.8. The Labute approximate surface area is 117 Å². The monoisotopic (exact) mass is 290 g/mol. The first-order valence-electron chi connectivity index (χ1n) is 6.02. The standard InChI is InChI=1S/C15H15O4P/c1-13(15-10-6-3-7-11-15)19-20(16,17)18-12-14-8-4-2-5-9-14/h2-11H,1,12H2,(H,16,17). The minimum Gasteiger partial charge on any atom is -0.404 e. The van der Waals surface area contributed by atoms with Gasteiger partial charge < -0.3 is 4.52 Å². The zero-order chi connectivity index (χ0) is 14.4. The van der Waals surface area contributed by atoms with E-state index in [1.807, 2.05) is 24.3 Å². The van der Waals surface area contributed by atoms with Gasteiger partial charge in [0.15, 0.2) is 0 Å². The van der Waals surface area contributed by atoms with E-state index in [0.717, 1.165) is 5.56 Å². The van der Waals surface area contributed by atoms with Crippen molar-refractivity contribution in [3.63, 3.8) is 0 Å². The highest BCUT2D eigenvalue weighted by Crippen LogP contribution is 2.47. The predicted molar refractivity (Wildman–Crippen MR) is 77.6 cm³/mol. The van der Waals surface area contributed by atoms with Crippen molar-refractivity contribution in [2.75, 3.05) is 0 Å². The van der Waals surface area contributed by atoms with Crippen molar-refractivity contribution >= 4 is 13.6 Å². The summed E-state index contributed by atoms with van der Waals surface area (Å²) in [5.74, 6) is 0.101. The van der Waals surface area contributed by atoms with Gasteiger partial charge in [-0.3, -0.25) is 9.42 Å². The Kier molecular flexibility index (Phi) is 4.74. The van der Waals surface area contributed by atoms with Gasteiger partial charge in [-0.15, -0.1) is 0 Å². The Morgan fingerprint density at radius 1 is 1.05 bits per heavy atom. The maximum Gasteiger partial charge on any atom is 0.527 e. The summed E-state index contributed by atoms with van der Waals surface area (Å²) in [6.45, 7) is 3.63. The van der Waals surface area contributed by atoms with Crippen molar-refractivity contribution < 1.29 is 18.5 Å². The highest BCUT2D eigenvalue weighted by molar-refractivity contribution is 7.47. The number of benzene rings is 2. The minimum atomic E-state index is -4.18. The van der Waals surface area contributed by atoms with Crippen LogP contribution < -0.4 is 0 Å². The van der Waals surface area contributed by atoms with Crippen LogP contribution in [-0.2, 0) is 20.2 Å². The molecular weight excluding hydrogens is 275 g/mol. The molecule has 5 heteroatoms. The van der Waals surface area contributed by atoms with E-state index < -0.39 is 7.82 Å². The molecule has 2 aromatic carbocycles. The lowest BCUT2D eigenvalue weighted by molar-refractivity contribution is 0.186. The van der Waals surface area contributed by atoms with Crippen LogP contribution >= 0.6 is 7.82 Å². The van der Waals surface area contributed by atoms with E-state index in [1.165, 1.54) is 0 Å². The summed E-state index contributed by atoms with van der Waals surface area (Å²) >= 11 is 0. The largest absolute Gasteiger partial charge is 0.527 e. The van der Waals surface area contributed by atoms with Crippen LogP contribution in [-0.4, -0.2) is 4.89 Å². The Hall–Kier alpha value is -1.87. The molecule has 4 nitrogen and oxygen atoms in total. The third kappa shape index (κ3) is 4.35. The van der Waals surface area contributed by atoms with Crippen LogP contribution in [0.15, 0.2) is 67.2 Å². The summed E-state index contributed by atoms with van der Waals surface area (Å²) in [7, 11) is -4.18. The first-order chi connectivity index (χ1) is 9.57. The fourth-order valence-electron chi connectivity index (χ4n) is 1.57. The lowest BCUT2D eigenvalue weighted by Gasteiger charge is -2.14. The van der Waals surface area contributed by atoms with Gasteiger partial charge in [-0.05, 0) is 5.56 Å². The second-order valence-corrected chi connectivity index (χ2v) is 5.49. The maximum atomic E-state index is 11.8. The molecule has 2 aromatic rings. The lowest BCUT2D eigenvalue weighted by atomic mass is 10.2. The summed E-state index contributed by atoms with van der Waals surface area (Å²) < 4.78 is 21.7. The highest BCUT2D eigenvalue weighted by Gasteiger charge is 2.24. The number of phosphoric ester groups is 1. The number of hydrogen-bond donors (Lipinski definition) is 1. The highest BCUT2D eigenvalue weighted by atomic mass is 31.2. The summed E-state index contributed by atoms with van der Waals surface area (Å²) in [4.78, 5) is 9.66. The molecule has 0 fully saturated rings. The molecule has 0 aliphatic carbocycles. The second kappa shape index (κ2) is 6.53. The van der Waals surface area contributed by atoms with Gasteiger partial charge >= 0.3 is 7.82 Å². The molecular formula is C15H15O4P. The van der Waals surface area contributed by atoms with Gasteiger partial charge in [0.05, 0.1) is 6.61 Å². The molecule has 0 radical (unpaired) electrons. The van der Waals surface area contributed by atoms with E-state index >= 15 is 0 Å². The van der Waals surface area contributed by atoms with Crippen molar-refractivity contribution in [2.45, 2.75) is 6.61 Å². The Bertz CT molecular complexity index is 610. The van der Waals surface area contributed by atoms with Gasteiger partial charge in [0.1, 0.15) is 5.76 Å². The molecule has 1 unspecified atom stereocenters. The SMILES string of the molecule is C=C(OP(=O)(O)OCc1ccccc1)c1ccccc1. The molecule has 104 valence electrons. The molecule has 0 heterocycles. The molecule has 0 saturated carbocycles. The molecule has 1 N–H and O–H groups in total. The molecule has 20 heavy (non-hydrogen) atoms. The van der Waals surface area contributed by atoms with Crippen molar-refractivity contribution in [1.29, 1.82) is 0 Å². The van der Waals surface area contributed by atoms with E-state index in [9.17, 15) is 9.46 Å². The Balaban J connectivity index is 1.94. The van der Waals surface area contributed by atoms with Gasteiger partial charge in [0.2, 0.25) is 0 Å². The van der Waals surface area contributed by atoms with Crippen LogP contribution in [0.25, 0.3) is 5.76 Å². The van der Waals surface area contributed by atoms with Gasteiger partial charge in [-0.1, -0.05) is 67.2 Å². The van der Waals surface area contributed by atoms with Gasteiger partial charge in [0.25, 0.3) is 0 Å². The van der Waals surface area contributed by atoms with Gasteiger partial charge in [0, 0.05) is 5.56 Å². The van der Waals surface area contributed by atoms with Crippen LogP contribution in [0.2, 0.25) is 0 Å². The number of rotatable bonds is 6. The summed E-state index contributed by atoms with van der Waals surface area (Å²) in [6.07, 6.45) is 0. The van der Waals surface area contributed by atoms with E-state index in [0.29, 0.717) is 5.56 Å². The first kappa shape index (κ1) is 14.5. The predicted octanol–water partition coefficient (Wildman–Crippen LogP) is 3.99. The normalized spacial score (nSPS) is 13.4. The molecule has 0 amide bonds. The quantitative estimate of drug-likeness (QED) is 0.645. The smallest absolute Gasteiger partial charge is 0.404 e. The summed E-state index contributed by atoms with van der Waals surface area (Å²) in [5.41, 5.74) is 1.42. The van der Waals surface area contributed by atoms with Crippen LogP contribution in [0.4, 0.5) is 0 Å². The average molecular weight is 290 g/mol. The van der Waals surface area contributed by atoms with Gasteiger partial charge in [-0.2, -0.15) is 0 Å². The fraction of sp³-hybridized carbons (Fsp3) is 0.0667. The van der Waals surface area contributed by atoms with Crippen molar-refractivity contribution in [3.05, 3.63) is 78.4 Å². The molecule has 0 aliphatic heterocycles. The van der Waals surface area contributed by atoms with Crippen LogP contribution in [0.3, 0.4) is 0 Å². The molecule has 1 atom stereocenters. The van der Waals surface area contributed by atoms with Gasteiger partial charge in [-0.25, -0.2) is 4.57 Å². The summed E-state index contributed by atoms with van der Waals surface area (Å²) in [6, 6.07) is 18.0.